The van der Waals surface area contributed by atoms with Gasteiger partial charge in [-0.2, -0.15) is 10.4 Å². The maximum absolute atomic E-state index is 11.9. The molecule has 3 heterocycles. The van der Waals surface area contributed by atoms with Gasteiger partial charge in [0, 0.05) is 25.3 Å². The number of hydrogen-bond donors (Lipinski definition) is 2. The summed E-state index contributed by atoms with van der Waals surface area (Å²) in [6.07, 6.45) is 5.06. The van der Waals surface area contributed by atoms with Gasteiger partial charge in [-0.15, -0.1) is 0 Å². The molecule has 0 unspecified atom stereocenters. The molecule has 4 atom stereocenters. The van der Waals surface area contributed by atoms with Gasteiger partial charge in [-0.05, 0) is 30.2 Å². The molecule has 2 aliphatic rings. The molecule has 2 aromatic rings. The Kier molecular flexibility index (Phi) is 4.32. The molecule has 1 saturated heterocycles. The Labute approximate surface area is 163 Å². The Morgan fingerprint density at radius 1 is 1.43 bits per heavy atom. The van der Waals surface area contributed by atoms with E-state index in [-0.39, 0.29) is 29.4 Å². The molecule has 3 N–H and O–H groups in total. The molecule has 0 radical (unpaired) electrons. The van der Waals surface area contributed by atoms with Crippen LogP contribution in [0.25, 0.3) is 5.52 Å². The summed E-state index contributed by atoms with van der Waals surface area (Å²) in [6.45, 7) is 3.17. The molecule has 9 nitrogen and oxygen atoms in total. The number of nitrogens with zero attached hydrogens (tertiary/aromatic N) is 4. The first-order valence-corrected chi connectivity index (χ1v) is 11.0. The highest BCUT2D eigenvalue weighted by Gasteiger charge is 2.48. The number of rotatable bonds is 4. The van der Waals surface area contributed by atoms with Crippen molar-refractivity contribution in [3.63, 3.8) is 0 Å². The van der Waals surface area contributed by atoms with E-state index in [2.05, 4.69) is 23.4 Å². The van der Waals surface area contributed by atoms with Crippen molar-refractivity contribution in [2.45, 2.75) is 19.4 Å². The zero-order valence-corrected chi connectivity index (χ0v) is 16.5. The molecule has 0 bridgehead atoms. The van der Waals surface area contributed by atoms with Crippen LogP contribution in [-0.2, 0) is 10.0 Å². The number of fused-ring (bicyclic) bond motifs is 2. The molecule has 0 aromatic carbocycles. The molecule has 1 amide bonds. The average Bonchev–Trinajstić information content (AvgIpc) is 3.29. The van der Waals surface area contributed by atoms with E-state index in [1.165, 1.54) is 12.5 Å². The quantitative estimate of drug-likeness (QED) is 0.771. The summed E-state index contributed by atoms with van der Waals surface area (Å²) >= 11 is 0. The van der Waals surface area contributed by atoms with Crippen molar-refractivity contribution in [3.05, 3.63) is 29.6 Å². The maximum Gasteiger partial charge on any atom is 0.252 e. The average molecular weight is 402 g/mol. The topological polar surface area (TPSA) is 134 Å². The van der Waals surface area contributed by atoms with Gasteiger partial charge >= 0.3 is 0 Å². The summed E-state index contributed by atoms with van der Waals surface area (Å²) in [5.74, 6) is 0.171. The summed E-state index contributed by atoms with van der Waals surface area (Å²) in [5, 5.41) is 16.8. The van der Waals surface area contributed by atoms with E-state index in [0.29, 0.717) is 29.9 Å². The number of sulfonamides is 1. The van der Waals surface area contributed by atoms with E-state index < -0.39 is 15.9 Å². The molecule has 4 rings (SSSR count). The van der Waals surface area contributed by atoms with Crippen LogP contribution in [0.1, 0.15) is 29.3 Å². The number of nitriles is 1. The number of carbonyl (C=O) groups is 1. The molecule has 28 heavy (non-hydrogen) atoms. The van der Waals surface area contributed by atoms with Crippen LogP contribution >= 0.6 is 0 Å². The first-order chi connectivity index (χ1) is 13.2. The molecule has 1 aliphatic heterocycles. The highest BCUT2D eigenvalue weighted by molar-refractivity contribution is 7.88. The van der Waals surface area contributed by atoms with Crippen LogP contribution in [0.4, 0.5) is 5.69 Å². The standard InChI is InChI=1S/C18H22N6O3S/c1-10-14-9-23(28(2,26)27)8-12(14)4-15(10)22-17-13(18(20)25)6-21-24-7-11(5-19)3-16(17)24/h3,6-7,10,12,14-15,22H,4,8-9H2,1-2H3,(H2,20,25)/t10-,12+,14-,15+/m0/s1. The van der Waals surface area contributed by atoms with E-state index >= 15 is 0 Å². The van der Waals surface area contributed by atoms with Crippen molar-refractivity contribution >= 4 is 27.1 Å². The Bertz CT molecular complexity index is 1100. The third kappa shape index (κ3) is 3.00. The van der Waals surface area contributed by atoms with Crippen molar-refractivity contribution in [1.82, 2.24) is 13.9 Å². The number of aromatic nitrogens is 2. The molecule has 10 heteroatoms. The lowest BCUT2D eigenvalue weighted by Crippen LogP contribution is -2.33. The smallest absolute Gasteiger partial charge is 0.252 e. The second-order valence-electron chi connectivity index (χ2n) is 7.82. The lowest BCUT2D eigenvalue weighted by atomic mass is 9.93. The molecular formula is C18H22N6O3S. The fourth-order valence-electron chi connectivity index (χ4n) is 4.64. The Hall–Kier alpha value is -2.64. The zero-order valence-electron chi connectivity index (χ0n) is 15.7. The minimum atomic E-state index is -3.18. The number of primary amides is 1. The first-order valence-electron chi connectivity index (χ1n) is 9.12. The normalized spacial score (nSPS) is 27.6. The van der Waals surface area contributed by atoms with Gasteiger partial charge in [0.15, 0.2) is 0 Å². The van der Waals surface area contributed by atoms with Gasteiger partial charge in [0.2, 0.25) is 10.0 Å². The van der Waals surface area contributed by atoms with Crippen molar-refractivity contribution in [1.29, 1.82) is 5.26 Å². The van der Waals surface area contributed by atoms with E-state index in [0.717, 1.165) is 6.42 Å². The third-order valence-corrected chi connectivity index (χ3v) is 7.39. The lowest BCUT2D eigenvalue weighted by molar-refractivity contribution is 0.100. The first kappa shape index (κ1) is 18.7. The second-order valence-corrected chi connectivity index (χ2v) is 9.80. The number of amides is 1. The third-order valence-electron chi connectivity index (χ3n) is 6.16. The second kappa shape index (κ2) is 6.46. The molecule has 1 aliphatic carbocycles. The molecule has 2 fully saturated rings. The van der Waals surface area contributed by atoms with E-state index in [1.54, 1.807) is 21.1 Å². The minimum Gasteiger partial charge on any atom is -0.380 e. The number of anilines is 1. The summed E-state index contributed by atoms with van der Waals surface area (Å²) < 4.78 is 26.8. The SMILES string of the molecule is C[C@H]1[C@@H]2CN(S(C)(=O)=O)C[C@H]2C[C@H]1Nc1c(C(N)=O)cnn2cc(C#N)cc12. The maximum atomic E-state index is 11.9. The van der Waals surface area contributed by atoms with Crippen molar-refractivity contribution in [2.24, 2.45) is 23.5 Å². The van der Waals surface area contributed by atoms with Crippen LogP contribution in [0.5, 0.6) is 0 Å². The monoisotopic (exact) mass is 402 g/mol. The predicted molar refractivity (Wildman–Crippen MR) is 103 cm³/mol. The Balaban J connectivity index is 1.64. The Morgan fingerprint density at radius 3 is 2.79 bits per heavy atom. The zero-order chi connectivity index (χ0) is 20.2. The number of hydrogen-bond acceptors (Lipinski definition) is 6. The summed E-state index contributed by atoms with van der Waals surface area (Å²) in [7, 11) is -3.18. The van der Waals surface area contributed by atoms with Crippen molar-refractivity contribution < 1.29 is 13.2 Å². The predicted octanol–water partition coefficient (Wildman–Crippen LogP) is 0.633. The van der Waals surface area contributed by atoms with Crippen molar-refractivity contribution in [2.75, 3.05) is 24.7 Å². The van der Waals surface area contributed by atoms with Gasteiger partial charge in [-0.1, -0.05) is 6.92 Å². The van der Waals surface area contributed by atoms with Gasteiger partial charge in [-0.25, -0.2) is 17.2 Å². The van der Waals surface area contributed by atoms with E-state index in [9.17, 15) is 18.5 Å². The van der Waals surface area contributed by atoms with Crippen LogP contribution in [-0.4, -0.2) is 53.6 Å². The van der Waals surface area contributed by atoms with Crippen LogP contribution in [0, 0.1) is 29.1 Å². The summed E-state index contributed by atoms with van der Waals surface area (Å²) in [6, 6.07) is 3.82. The van der Waals surface area contributed by atoms with Crippen molar-refractivity contribution in [3.8, 4) is 6.07 Å². The van der Waals surface area contributed by atoms with E-state index in [4.69, 9.17) is 5.73 Å². The van der Waals surface area contributed by atoms with Gasteiger partial charge < -0.3 is 11.1 Å². The van der Waals surface area contributed by atoms with Gasteiger partial charge in [0.1, 0.15) is 6.07 Å². The van der Waals surface area contributed by atoms with E-state index in [1.807, 2.05) is 0 Å². The fraction of sp³-hybridized carbons (Fsp3) is 0.500. The van der Waals surface area contributed by atoms with Gasteiger partial charge in [0.05, 0.1) is 34.8 Å². The van der Waals surface area contributed by atoms with Crippen LogP contribution in [0.3, 0.4) is 0 Å². The highest BCUT2D eigenvalue weighted by atomic mass is 32.2. The minimum absolute atomic E-state index is 0.0708. The number of nitrogens with two attached hydrogens (primary N) is 1. The number of nitrogens with one attached hydrogen (secondary N) is 1. The molecule has 148 valence electrons. The van der Waals surface area contributed by atoms with Gasteiger partial charge in [0.25, 0.3) is 5.91 Å². The largest absolute Gasteiger partial charge is 0.380 e. The fourth-order valence-corrected chi connectivity index (χ4v) is 5.55. The summed E-state index contributed by atoms with van der Waals surface area (Å²) in [5.41, 5.74) is 7.45. The number of carbonyl (C=O) groups excluding carboxylic acids is 1. The van der Waals surface area contributed by atoms with Crippen LogP contribution in [0.2, 0.25) is 0 Å². The van der Waals surface area contributed by atoms with Gasteiger partial charge in [-0.3, -0.25) is 4.79 Å². The van der Waals surface area contributed by atoms with Crippen LogP contribution < -0.4 is 11.1 Å². The lowest BCUT2D eigenvalue weighted by Gasteiger charge is -2.25. The molecule has 0 spiro atoms. The highest BCUT2D eigenvalue weighted by Crippen LogP contribution is 2.44. The van der Waals surface area contributed by atoms with Crippen LogP contribution in [0.15, 0.2) is 18.5 Å². The summed E-state index contributed by atoms with van der Waals surface area (Å²) in [4.78, 5) is 11.9. The molecule has 2 aromatic heterocycles. The molecular weight excluding hydrogens is 380 g/mol. The Morgan fingerprint density at radius 2 is 2.18 bits per heavy atom. The molecule has 1 saturated carbocycles.